The van der Waals surface area contributed by atoms with Gasteiger partial charge in [0.25, 0.3) is 0 Å². The first kappa shape index (κ1) is 52.9. The maximum absolute atomic E-state index is 13.2. The molecule has 322 valence electrons. The van der Waals surface area contributed by atoms with E-state index in [1.807, 2.05) is 0 Å². The number of hydrogen-bond acceptors (Lipinski definition) is 6. The lowest BCUT2D eigenvalue weighted by molar-refractivity contribution is -0.152. The Hall–Kier alpha value is -1.14. The number of esters is 2. The zero-order valence-electron chi connectivity index (χ0n) is 37.2. The van der Waals surface area contributed by atoms with E-state index in [9.17, 15) is 14.7 Å². The lowest BCUT2D eigenvalue weighted by Gasteiger charge is -2.26. The summed E-state index contributed by atoms with van der Waals surface area (Å²) >= 11 is 0. The highest BCUT2D eigenvalue weighted by atomic mass is 16.5. The fraction of sp³-hybridized carbons (Fsp3) is 0.958. The minimum absolute atomic E-state index is 0.0110. The first-order valence-corrected chi connectivity index (χ1v) is 24.0. The molecule has 1 N–H and O–H groups in total. The van der Waals surface area contributed by atoms with Crippen molar-refractivity contribution in [3.05, 3.63) is 0 Å². The highest BCUT2D eigenvalue weighted by Gasteiger charge is 2.24. The summed E-state index contributed by atoms with van der Waals surface area (Å²) in [7, 11) is 0. The smallest absolute Gasteiger partial charge is 0.306 e. The van der Waals surface area contributed by atoms with Gasteiger partial charge in [0.2, 0.25) is 0 Å². The molecule has 0 aromatic rings. The molecule has 54 heavy (non-hydrogen) atoms. The fourth-order valence-corrected chi connectivity index (χ4v) is 7.62. The molecule has 0 aliphatic rings. The Morgan fingerprint density at radius 3 is 1.46 bits per heavy atom. The van der Waals surface area contributed by atoms with E-state index in [2.05, 4.69) is 39.5 Å². The molecule has 0 aliphatic heterocycles. The molecule has 0 fully saturated rings. The normalized spacial score (nSPS) is 11.9. The predicted molar refractivity (Wildman–Crippen MR) is 232 cm³/mol. The topological polar surface area (TPSA) is 76.1 Å². The molecule has 0 heterocycles. The fourth-order valence-electron chi connectivity index (χ4n) is 7.62. The molecule has 0 unspecified atom stereocenters. The van der Waals surface area contributed by atoms with Crippen molar-refractivity contribution < 1.29 is 24.2 Å². The summed E-state index contributed by atoms with van der Waals surface area (Å²) in [4.78, 5) is 27.8. The Morgan fingerprint density at radius 2 is 0.944 bits per heavy atom. The van der Waals surface area contributed by atoms with Gasteiger partial charge < -0.3 is 19.5 Å². The molecule has 0 radical (unpaired) electrons. The number of nitrogens with zero attached hydrogens (tertiary/aromatic N) is 1. The van der Waals surface area contributed by atoms with E-state index in [4.69, 9.17) is 9.47 Å². The van der Waals surface area contributed by atoms with Gasteiger partial charge in [-0.2, -0.15) is 0 Å². The van der Waals surface area contributed by atoms with Crippen LogP contribution in [0.3, 0.4) is 0 Å². The van der Waals surface area contributed by atoms with Crippen LogP contribution < -0.4 is 0 Å². The highest BCUT2D eigenvalue weighted by molar-refractivity contribution is 5.70. The van der Waals surface area contributed by atoms with Crippen LogP contribution in [0.5, 0.6) is 0 Å². The SMILES string of the molecule is CCCCCCCCCC(=O)OCCCCCCCN(CCCCO)CCCCCC(C)(C)CC(=O)OC(CCCCCCCC)CCCCCCCC. The van der Waals surface area contributed by atoms with E-state index in [1.165, 1.54) is 141 Å². The molecule has 0 amide bonds. The monoisotopic (exact) mass is 766 g/mol. The van der Waals surface area contributed by atoms with Gasteiger partial charge in [0.05, 0.1) is 13.0 Å². The standard InChI is InChI=1S/C48H95NO5/c1-6-9-12-15-18-22-28-37-46(51)53-43-34-24-19-23-30-39-49(41-32-33-42-50)40-31-25-29-38-48(4,5)44-47(52)54-45(35-26-20-16-13-10-7-2)36-27-21-17-14-11-8-3/h45,50H,6-44H2,1-5H3. The number of unbranched alkanes of at least 4 members (excludes halogenated alkanes) is 23. The Kier molecular flexibility index (Phi) is 39.2. The van der Waals surface area contributed by atoms with Crippen LogP contribution in [0.25, 0.3) is 0 Å². The maximum atomic E-state index is 13.2. The van der Waals surface area contributed by atoms with Gasteiger partial charge in [-0.15, -0.1) is 0 Å². The van der Waals surface area contributed by atoms with Gasteiger partial charge in [0, 0.05) is 13.0 Å². The summed E-state index contributed by atoms with van der Waals surface area (Å²) in [5.41, 5.74) is -0.0331. The Balaban J connectivity index is 4.33. The molecule has 0 bridgehead atoms. The van der Waals surface area contributed by atoms with Gasteiger partial charge in [-0.3, -0.25) is 9.59 Å². The van der Waals surface area contributed by atoms with Crippen LogP contribution in [0.1, 0.15) is 253 Å². The van der Waals surface area contributed by atoms with Crippen LogP contribution in [0.15, 0.2) is 0 Å². The second-order valence-electron chi connectivity index (χ2n) is 17.5. The average molecular weight is 766 g/mol. The predicted octanol–water partition coefficient (Wildman–Crippen LogP) is 14.1. The summed E-state index contributed by atoms with van der Waals surface area (Å²) < 4.78 is 11.6. The van der Waals surface area contributed by atoms with Crippen molar-refractivity contribution in [2.24, 2.45) is 5.41 Å². The van der Waals surface area contributed by atoms with E-state index in [1.54, 1.807) is 0 Å². The van der Waals surface area contributed by atoms with Gasteiger partial charge in [-0.25, -0.2) is 0 Å². The van der Waals surface area contributed by atoms with Gasteiger partial charge in [-0.1, -0.05) is 169 Å². The summed E-state index contributed by atoms with van der Waals surface area (Å²) in [6.07, 6.45) is 39.4. The Labute approximate surface area is 337 Å². The highest BCUT2D eigenvalue weighted by Crippen LogP contribution is 2.29. The maximum Gasteiger partial charge on any atom is 0.306 e. The molecular weight excluding hydrogens is 671 g/mol. The largest absolute Gasteiger partial charge is 0.466 e. The van der Waals surface area contributed by atoms with Crippen LogP contribution in [0.4, 0.5) is 0 Å². The minimum Gasteiger partial charge on any atom is -0.466 e. The van der Waals surface area contributed by atoms with Crippen molar-refractivity contribution >= 4 is 11.9 Å². The zero-order valence-corrected chi connectivity index (χ0v) is 37.2. The van der Waals surface area contributed by atoms with Crippen molar-refractivity contribution in [1.82, 2.24) is 4.90 Å². The number of hydrogen-bond donors (Lipinski definition) is 1. The third kappa shape index (κ3) is 37.8. The molecule has 0 spiro atoms. The number of carbonyl (C=O) groups excluding carboxylic acids is 2. The second kappa shape index (κ2) is 40.1. The van der Waals surface area contributed by atoms with Crippen molar-refractivity contribution in [3.8, 4) is 0 Å². The molecule has 6 nitrogen and oxygen atoms in total. The van der Waals surface area contributed by atoms with Crippen LogP contribution >= 0.6 is 0 Å². The van der Waals surface area contributed by atoms with Crippen molar-refractivity contribution in [3.63, 3.8) is 0 Å². The number of aliphatic hydroxyl groups is 1. The van der Waals surface area contributed by atoms with Gasteiger partial charge in [-0.05, 0) is 95.7 Å². The van der Waals surface area contributed by atoms with Crippen LogP contribution in [-0.2, 0) is 19.1 Å². The van der Waals surface area contributed by atoms with Crippen LogP contribution in [0.2, 0.25) is 0 Å². The molecule has 0 atom stereocenters. The zero-order chi connectivity index (χ0) is 39.8. The molecular formula is C48H95NO5. The lowest BCUT2D eigenvalue weighted by Crippen LogP contribution is -2.27. The number of carbonyl (C=O) groups is 2. The molecule has 0 aromatic heterocycles. The summed E-state index contributed by atoms with van der Waals surface area (Å²) in [5.74, 6) is -0.00806. The van der Waals surface area contributed by atoms with E-state index >= 15 is 0 Å². The molecule has 6 heteroatoms. The third-order valence-electron chi connectivity index (χ3n) is 11.3. The molecule has 0 aromatic carbocycles. The average Bonchev–Trinajstić information content (AvgIpc) is 3.14. The first-order valence-electron chi connectivity index (χ1n) is 24.0. The molecule has 0 rings (SSSR count). The minimum atomic E-state index is -0.0331. The van der Waals surface area contributed by atoms with Crippen LogP contribution in [0, 0.1) is 5.41 Å². The van der Waals surface area contributed by atoms with E-state index < -0.39 is 0 Å². The van der Waals surface area contributed by atoms with Gasteiger partial charge >= 0.3 is 11.9 Å². The first-order chi connectivity index (χ1) is 26.3. The van der Waals surface area contributed by atoms with Gasteiger partial charge in [0.1, 0.15) is 6.10 Å². The third-order valence-corrected chi connectivity index (χ3v) is 11.3. The molecule has 0 saturated heterocycles. The molecule has 0 saturated carbocycles. The lowest BCUT2D eigenvalue weighted by atomic mass is 9.83. The Bertz CT molecular complexity index is 786. The van der Waals surface area contributed by atoms with Crippen molar-refractivity contribution in [2.75, 3.05) is 32.8 Å². The quantitative estimate of drug-likeness (QED) is 0.0492. The number of ether oxygens (including phenoxy) is 2. The summed E-state index contributed by atoms with van der Waals surface area (Å²) in [6, 6.07) is 0. The van der Waals surface area contributed by atoms with E-state index in [0.29, 0.717) is 19.4 Å². The molecule has 0 aliphatic carbocycles. The number of aliphatic hydroxyl groups excluding tert-OH is 1. The van der Waals surface area contributed by atoms with Crippen LogP contribution in [-0.4, -0.2) is 60.9 Å². The van der Waals surface area contributed by atoms with E-state index in [-0.39, 0.29) is 30.1 Å². The summed E-state index contributed by atoms with van der Waals surface area (Å²) in [5, 5.41) is 9.32. The Morgan fingerprint density at radius 1 is 0.519 bits per heavy atom. The number of rotatable bonds is 43. The second-order valence-corrected chi connectivity index (χ2v) is 17.5. The van der Waals surface area contributed by atoms with Gasteiger partial charge in [0.15, 0.2) is 0 Å². The van der Waals surface area contributed by atoms with Crippen molar-refractivity contribution in [2.45, 2.75) is 259 Å². The summed E-state index contributed by atoms with van der Waals surface area (Å²) in [6.45, 7) is 15.4. The van der Waals surface area contributed by atoms with Crippen molar-refractivity contribution in [1.29, 1.82) is 0 Å². The van der Waals surface area contributed by atoms with E-state index in [0.717, 1.165) is 83.8 Å².